The summed E-state index contributed by atoms with van der Waals surface area (Å²) >= 11 is 0. The van der Waals surface area contributed by atoms with E-state index >= 15 is 0 Å². The summed E-state index contributed by atoms with van der Waals surface area (Å²) in [5, 5.41) is 19.4. The van der Waals surface area contributed by atoms with Crippen molar-refractivity contribution in [3.63, 3.8) is 0 Å². The molecule has 1 aliphatic rings. The molecule has 0 aliphatic heterocycles. The van der Waals surface area contributed by atoms with Gasteiger partial charge in [0.15, 0.2) is 0 Å². The van der Waals surface area contributed by atoms with E-state index in [2.05, 4.69) is 6.07 Å². The number of nitriles is 1. The zero-order chi connectivity index (χ0) is 13.4. The van der Waals surface area contributed by atoms with E-state index in [-0.39, 0.29) is 17.7 Å². The number of nitrogens with two attached hydrogens (primary N) is 1. The largest absolute Gasteiger partial charge is 0.507 e. The number of aromatic hydroxyl groups is 1. The van der Waals surface area contributed by atoms with Crippen LogP contribution in [0.15, 0.2) is 42.5 Å². The van der Waals surface area contributed by atoms with Gasteiger partial charge < -0.3 is 10.8 Å². The van der Waals surface area contributed by atoms with Crippen LogP contribution in [0, 0.1) is 11.3 Å². The van der Waals surface area contributed by atoms with Crippen LogP contribution in [0.5, 0.6) is 5.75 Å². The van der Waals surface area contributed by atoms with Gasteiger partial charge in [0.05, 0.1) is 11.6 Å². The Labute approximate surface area is 111 Å². The van der Waals surface area contributed by atoms with E-state index in [1.54, 1.807) is 12.1 Å². The fourth-order valence-electron chi connectivity index (χ4n) is 2.43. The summed E-state index contributed by atoms with van der Waals surface area (Å²) in [7, 11) is 0. The predicted octanol–water partition coefficient (Wildman–Crippen LogP) is 2.75. The van der Waals surface area contributed by atoms with E-state index in [9.17, 15) is 10.4 Å². The fraction of sp³-hybridized carbons (Fsp3) is 0.188. The number of hydrogen-bond acceptors (Lipinski definition) is 3. The normalized spacial score (nSPS) is 20.8. The SMILES string of the molecule is N#Cc1cc(-c2ccccc2)c(O)cc1[C@@H]1C[C@H]1N. The van der Waals surface area contributed by atoms with Crippen LogP contribution >= 0.6 is 0 Å². The summed E-state index contributed by atoms with van der Waals surface area (Å²) in [6.07, 6.45) is 0.888. The summed E-state index contributed by atoms with van der Waals surface area (Å²) < 4.78 is 0. The molecule has 0 unspecified atom stereocenters. The van der Waals surface area contributed by atoms with Crippen molar-refractivity contribution < 1.29 is 5.11 Å². The van der Waals surface area contributed by atoms with Gasteiger partial charge in [0.25, 0.3) is 0 Å². The van der Waals surface area contributed by atoms with Crippen molar-refractivity contribution in [3.8, 4) is 22.9 Å². The van der Waals surface area contributed by atoms with Crippen LogP contribution in [0.2, 0.25) is 0 Å². The molecule has 0 radical (unpaired) electrons. The molecule has 3 nitrogen and oxygen atoms in total. The lowest BCUT2D eigenvalue weighted by Gasteiger charge is -2.09. The molecule has 94 valence electrons. The van der Waals surface area contributed by atoms with E-state index in [4.69, 9.17) is 5.73 Å². The second-order valence-electron chi connectivity index (χ2n) is 4.94. The molecule has 3 N–H and O–H groups in total. The zero-order valence-corrected chi connectivity index (χ0v) is 10.4. The molecule has 0 spiro atoms. The Hall–Kier alpha value is -2.31. The summed E-state index contributed by atoms with van der Waals surface area (Å²) in [4.78, 5) is 0. The molecule has 2 aromatic rings. The van der Waals surface area contributed by atoms with Crippen LogP contribution in [-0.2, 0) is 0 Å². The first-order valence-corrected chi connectivity index (χ1v) is 6.28. The number of phenols is 1. The standard InChI is InChI=1S/C16H14N2O/c17-9-11-6-13(10-4-2-1-3-5-10)16(19)8-12(11)14-7-15(14)18/h1-6,8,14-15,19H,7,18H2/t14-,15+/m0/s1. The minimum Gasteiger partial charge on any atom is -0.507 e. The third kappa shape index (κ3) is 2.07. The first-order valence-electron chi connectivity index (χ1n) is 6.28. The molecule has 1 saturated carbocycles. The van der Waals surface area contributed by atoms with Crippen molar-refractivity contribution in [2.75, 3.05) is 0 Å². The van der Waals surface area contributed by atoms with Crippen molar-refractivity contribution in [2.45, 2.75) is 18.4 Å². The molecule has 0 bridgehead atoms. The average Bonchev–Trinajstić information content (AvgIpc) is 3.16. The maximum absolute atomic E-state index is 10.2. The summed E-state index contributed by atoms with van der Waals surface area (Å²) in [5.74, 6) is 0.421. The van der Waals surface area contributed by atoms with E-state index in [1.165, 1.54) is 0 Å². The Morgan fingerprint density at radius 3 is 2.47 bits per heavy atom. The molecule has 3 rings (SSSR count). The van der Waals surface area contributed by atoms with Gasteiger partial charge in [0.1, 0.15) is 5.75 Å². The first kappa shape index (κ1) is 11.8. The van der Waals surface area contributed by atoms with Gasteiger partial charge in [-0.15, -0.1) is 0 Å². The van der Waals surface area contributed by atoms with E-state index < -0.39 is 0 Å². The molecule has 2 atom stereocenters. The molecule has 0 amide bonds. The second-order valence-corrected chi connectivity index (χ2v) is 4.94. The van der Waals surface area contributed by atoms with E-state index in [0.717, 1.165) is 17.5 Å². The van der Waals surface area contributed by atoms with Crippen LogP contribution in [0.1, 0.15) is 23.5 Å². The summed E-state index contributed by atoms with van der Waals surface area (Å²) in [5.41, 5.74) is 8.90. The second kappa shape index (κ2) is 4.42. The molecular formula is C16H14N2O. The third-order valence-electron chi connectivity index (χ3n) is 3.61. The Balaban J connectivity index is 2.11. The van der Waals surface area contributed by atoms with Gasteiger partial charge in [-0.05, 0) is 29.7 Å². The maximum atomic E-state index is 10.2. The van der Waals surface area contributed by atoms with Crippen molar-refractivity contribution in [1.29, 1.82) is 5.26 Å². The molecule has 0 saturated heterocycles. The minimum atomic E-state index is 0.120. The maximum Gasteiger partial charge on any atom is 0.123 e. The van der Waals surface area contributed by atoms with Gasteiger partial charge in [-0.25, -0.2) is 0 Å². The monoisotopic (exact) mass is 250 g/mol. The van der Waals surface area contributed by atoms with Crippen molar-refractivity contribution >= 4 is 0 Å². The Morgan fingerprint density at radius 1 is 1.21 bits per heavy atom. The molecule has 0 aromatic heterocycles. The van der Waals surface area contributed by atoms with Crippen LogP contribution in [-0.4, -0.2) is 11.1 Å². The molecule has 1 fully saturated rings. The quantitative estimate of drug-likeness (QED) is 0.861. The lowest BCUT2D eigenvalue weighted by atomic mass is 9.96. The van der Waals surface area contributed by atoms with Gasteiger partial charge >= 0.3 is 0 Å². The van der Waals surface area contributed by atoms with Crippen LogP contribution in [0.4, 0.5) is 0 Å². The molecule has 19 heavy (non-hydrogen) atoms. The fourth-order valence-corrected chi connectivity index (χ4v) is 2.43. The Morgan fingerprint density at radius 2 is 1.89 bits per heavy atom. The number of rotatable bonds is 2. The summed E-state index contributed by atoms with van der Waals surface area (Å²) in [6, 6.07) is 15.3. The third-order valence-corrected chi connectivity index (χ3v) is 3.61. The highest BCUT2D eigenvalue weighted by molar-refractivity contribution is 5.73. The van der Waals surface area contributed by atoms with Crippen molar-refractivity contribution in [3.05, 3.63) is 53.6 Å². The molecular weight excluding hydrogens is 236 g/mol. The average molecular weight is 250 g/mol. The number of benzene rings is 2. The van der Waals surface area contributed by atoms with Gasteiger partial charge in [0.2, 0.25) is 0 Å². The minimum absolute atomic E-state index is 0.120. The highest BCUT2D eigenvalue weighted by Crippen LogP contribution is 2.43. The van der Waals surface area contributed by atoms with Crippen LogP contribution < -0.4 is 5.73 Å². The Bertz CT molecular complexity index is 658. The lowest BCUT2D eigenvalue weighted by molar-refractivity contribution is 0.476. The Kier molecular flexibility index (Phi) is 2.73. The molecule has 0 heterocycles. The number of hydrogen-bond donors (Lipinski definition) is 2. The van der Waals surface area contributed by atoms with Crippen molar-refractivity contribution in [1.82, 2.24) is 0 Å². The van der Waals surface area contributed by atoms with Gasteiger partial charge in [-0.2, -0.15) is 5.26 Å². The van der Waals surface area contributed by atoms with E-state index in [1.807, 2.05) is 30.3 Å². The number of phenolic OH excluding ortho intramolecular Hbond substituents is 1. The predicted molar refractivity (Wildman–Crippen MR) is 73.6 cm³/mol. The lowest BCUT2D eigenvalue weighted by Crippen LogP contribution is -2.02. The zero-order valence-electron chi connectivity index (χ0n) is 10.4. The van der Waals surface area contributed by atoms with E-state index in [0.29, 0.717) is 11.1 Å². The molecule has 3 heteroatoms. The van der Waals surface area contributed by atoms with Crippen LogP contribution in [0.25, 0.3) is 11.1 Å². The van der Waals surface area contributed by atoms with Gasteiger partial charge in [0, 0.05) is 17.5 Å². The molecule has 1 aliphatic carbocycles. The van der Waals surface area contributed by atoms with Gasteiger partial charge in [-0.1, -0.05) is 30.3 Å². The smallest absolute Gasteiger partial charge is 0.123 e. The first-order chi connectivity index (χ1) is 9.20. The van der Waals surface area contributed by atoms with Gasteiger partial charge in [-0.3, -0.25) is 0 Å². The highest BCUT2D eigenvalue weighted by Gasteiger charge is 2.37. The van der Waals surface area contributed by atoms with Crippen molar-refractivity contribution in [2.24, 2.45) is 5.73 Å². The van der Waals surface area contributed by atoms with Crippen LogP contribution in [0.3, 0.4) is 0 Å². The summed E-state index contributed by atoms with van der Waals surface area (Å²) in [6.45, 7) is 0. The molecule has 2 aromatic carbocycles. The topological polar surface area (TPSA) is 70.0 Å². The number of nitrogens with zero attached hydrogens (tertiary/aromatic N) is 1. The highest BCUT2D eigenvalue weighted by atomic mass is 16.3.